The number of H-pyrrole nitrogens is 1. The maximum atomic E-state index is 13.2. The zero-order valence-corrected chi connectivity index (χ0v) is 19.2. The maximum Gasteiger partial charge on any atom is 0.272 e. The van der Waals surface area contributed by atoms with Crippen LogP contribution in [0.15, 0.2) is 88.8 Å². The second-order valence-corrected chi connectivity index (χ2v) is 7.79. The summed E-state index contributed by atoms with van der Waals surface area (Å²) in [6.07, 6.45) is 1.42. The van der Waals surface area contributed by atoms with Gasteiger partial charge in [0.15, 0.2) is 6.04 Å². The van der Waals surface area contributed by atoms with Crippen LogP contribution in [-0.4, -0.2) is 34.1 Å². The minimum atomic E-state index is -1.25. The van der Waals surface area contributed by atoms with Crippen LogP contribution in [0.3, 0.4) is 0 Å². The number of hydrogen-bond acceptors (Lipinski definition) is 6. The highest BCUT2D eigenvalue weighted by Gasteiger charge is 2.27. The number of hydrogen-bond donors (Lipinski definition) is 4. The molecule has 4 aromatic rings. The van der Waals surface area contributed by atoms with Crippen LogP contribution in [0.25, 0.3) is 10.8 Å². The molecule has 0 bridgehead atoms. The molecule has 3 aromatic carbocycles. The second-order valence-electron chi connectivity index (χ2n) is 7.79. The van der Waals surface area contributed by atoms with Gasteiger partial charge in [-0.1, -0.05) is 48.5 Å². The summed E-state index contributed by atoms with van der Waals surface area (Å²) in [7, 11) is 0. The molecule has 0 saturated carbocycles. The molecule has 10 heteroatoms. The highest BCUT2D eigenvalue weighted by atomic mass is 16.2. The lowest BCUT2D eigenvalue weighted by molar-refractivity contribution is -0.123. The van der Waals surface area contributed by atoms with Gasteiger partial charge in [-0.25, -0.2) is 10.5 Å². The molecule has 180 valence electrons. The van der Waals surface area contributed by atoms with Gasteiger partial charge in [0, 0.05) is 23.6 Å². The summed E-state index contributed by atoms with van der Waals surface area (Å²) in [6.45, 7) is 1.42. The van der Waals surface area contributed by atoms with Crippen molar-refractivity contribution in [3.05, 3.63) is 106 Å². The number of aromatic amines is 1. The monoisotopic (exact) mass is 482 g/mol. The number of amides is 3. The normalized spacial score (nSPS) is 11.7. The first-order chi connectivity index (χ1) is 17.4. The van der Waals surface area contributed by atoms with E-state index >= 15 is 0 Å². The largest absolute Gasteiger partial charge is 0.335 e. The minimum absolute atomic E-state index is 0.168. The third kappa shape index (κ3) is 5.68. The Hall–Kier alpha value is -5.12. The predicted molar refractivity (Wildman–Crippen MR) is 135 cm³/mol. The Morgan fingerprint density at radius 3 is 2.28 bits per heavy atom. The molecular weight excluding hydrogens is 460 g/mol. The highest BCUT2D eigenvalue weighted by Crippen LogP contribution is 2.20. The van der Waals surface area contributed by atoms with E-state index in [1.54, 1.807) is 78.9 Å². The summed E-state index contributed by atoms with van der Waals surface area (Å²) >= 11 is 0. The van der Waals surface area contributed by atoms with Gasteiger partial charge in [-0.15, -0.1) is 0 Å². The van der Waals surface area contributed by atoms with Gasteiger partial charge in [-0.2, -0.15) is 10.2 Å². The van der Waals surface area contributed by atoms with Gasteiger partial charge in [0.05, 0.1) is 11.6 Å². The van der Waals surface area contributed by atoms with E-state index < -0.39 is 23.4 Å². The average molecular weight is 483 g/mol. The zero-order valence-electron chi connectivity index (χ0n) is 19.2. The standard InChI is InChI=1S/C26H22N6O4/c1-16(33)28-19-13-11-17(12-14-19)15-27-31-26(36)23(29-24(34)18-7-3-2-4-8-18)22-20-9-5-6-10-21(20)25(35)32-30-22/h2-15,23H,1H3,(H,28,33)(H,29,34)(H,31,36)(H,32,35)/b27-15+. The molecule has 0 aliphatic carbocycles. The summed E-state index contributed by atoms with van der Waals surface area (Å²) in [5.41, 5.74) is 3.83. The van der Waals surface area contributed by atoms with Crippen molar-refractivity contribution in [2.75, 3.05) is 5.32 Å². The number of hydrazone groups is 1. The minimum Gasteiger partial charge on any atom is -0.335 e. The van der Waals surface area contributed by atoms with Crippen molar-refractivity contribution in [1.82, 2.24) is 20.9 Å². The van der Waals surface area contributed by atoms with Gasteiger partial charge >= 0.3 is 0 Å². The number of carbonyl (C=O) groups is 3. The lowest BCUT2D eigenvalue weighted by Crippen LogP contribution is -2.40. The number of anilines is 1. The summed E-state index contributed by atoms with van der Waals surface area (Å²) in [4.78, 5) is 49.4. The van der Waals surface area contributed by atoms with Crippen molar-refractivity contribution in [2.45, 2.75) is 13.0 Å². The summed E-state index contributed by atoms with van der Waals surface area (Å²) in [6, 6.07) is 20.7. The number of fused-ring (bicyclic) bond motifs is 1. The molecule has 1 heterocycles. The van der Waals surface area contributed by atoms with E-state index in [-0.39, 0.29) is 11.6 Å². The van der Waals surface area contributed by atoms with Gasteiger partial charge < -0.3 is 10.6 Å². The van der Waals surface area contributed by atoms with E-state index in [9.17, 15) is 19.2 Å². The van der Waals surface area contributed by atoms with Crippen LogP contribution >= 0.6 is 0 Å². The molecule has 10 nitrogen and oxygen atoms in total. The smallest absolute Gasteiger partial charge is 0.272 e. The van der Waals surface area contributed by atoms with Gasteiger partial charge in [0.2, 0.25) is 5.91 Å². The summed E-state index contributed by atoms with van der Waals surface area (Å²) < 4.78 is 0. The molecular formula is C26H22N6O4. The Kier molecular flexibility index (Phi) is 7.25. The van der Waals surface area contributed by atoms with Crippen LogP contribution in [0.4, 0.5) is 5.69 Å². The quantitative estimate of drug-likeness (QED) is 0.236. The first kappa shape index (κ1) is 24.0. The number of nitrogens with one attached hydrogen (secondary N) is 4. The zero-order chi connectivity index (χ0) is 25.5. The van der Waals surface area contributed by atoms with Crippen LogP contribution in [0.2, 0.25) is 0 Å². The van der Waals surface area contributed by atoms with Crippen LogP contribution in [0.5, 0.6) is 0 Å². The molecule has 3 amide bonds. The highest BCUT2D eigenvalue weighted by molar-refractivity contribution is 5.99. The Morgan fingerprint density at radius 2 is 1.58 bits per heavy atom. The van der Waals surface area contributed by atoms with Crippen molar-refractivity contribution < 1.29 is 14.4 Å². The fraction of sp³-hybridized carbons (Fsp3) is 0.0769. The van der Waals surface area contributed by atoms with Crippen molar-refractivity contribution >= 4 is 40.4 Å². The maximum absolute atomic E-state index is 13.2. The Morgan fingerprint density at radius 1 is 0.917 bits per heavy atom. The first-order valence-corrected chi connectivity index (χ1v) is 11.0. The fourth-order valence-electron chi connectivity index (χ4n) is 3.51. The van der Waals surface area contributed by atoms with Gasteiger partial charge in [-0.3, -0.25) is 19.2 Å². The molecule has 0 aliphatic heterocycles. The van der Waals surface area contributed by atoms with E-state index in [0.717, 1.165) is 0 Å². The molecule has 4 N–H and O–H groups in total. The molecule has 1 unspecified atom stereocenters. The molecule has 0 radical (unpaired) electrons. The molecule has 36 heavy (non-hydrogen) atoms. The molecule has 0 fully saturated rings. The summed E-state index contributed by atoms with van der Waals surface area (Å²) in [5, 5.41) is 16.6. The topological polar surface area (TPSA) is 145 Å². The van der Waals surface area contributed by atoms with Crippen molar-refractivity contribution in [1.29, 1.82) is 0 Å². The SMILES string of the molecule is CC(=O)Nc1ccc(/C=N/NC(=O)C(NC(=O)c2ccccc2)c2n[nH]c(=O)c3ccccc23)cc1. The van der Waals surface area contributed by atoms with Crippen molar-refractivity contribution in [3.63, 3.8) is 0 Å². The van der Waals surface area contributed by atoms with Crippen LogP contribution < -0.4 is 21.6 Å². The number of carbonyl (C=O) groups excluding carboxylic acids is 3. The Bertz CT molecular complexity index is 1500. The summed E-state index contributed by atoms with van der Waals surface area (Å²) in [5.74, 6) is -1.34. The van der Waals surface area contributed by atoms with Gasteiger partial charge in [-0.05, 0) is 35.9 Å². The fourth-order valence-corrected chi connectivity index (χ4v) is 3.51. The second kappa shape index (κ2) is 10.9. The lowest BCUT2D eigenvalue weighted by atomic mass is 10.0. The number of benzene rings is 3. The van der Waals surface area contributed by atoms with E-state index in [0.29, 0.717) is 27.6 Å². The Labute approximate surface area is 205 Å². The molecule has 1 aromatic heterocycles. The van der Waals surface area contributed by atoms with Crippen LogP contribution in [0, 0.1) is 0 Å². The van der Waals surface area contributed by atoms with E-state index in [2.05, 4.69) is 31.4 Å². The van der Waals surface area contributed by atoms with Crippen molar-refractivity contribution in [3.8, 4) is 0 Å². The first-order valence-electron chi connectivity index (χ1n) is 11.0. The van der Waals surface area contributed by atoms with Gasteiger partial charge in [0.25, 0.3) is 17.4 Å². The third-order valence-corrected chi connectivity index (χ3v) is 5.19. The number of nitrogens with zero attached hydrogens (tertiary/aromatic N) is 2. The molecule has 1 atom stereocenters. The van der Waals surface area contributed by atoms with Crippen LogP contribution in [-0.2, 0) is 9.59 Å². The van der Waals surface area contributed by atoms with E-state index in [4.69, 9.17) is 0 Å². The van der Waals surface area contributed by atoms with E-state index in [1.807, 2.05) is 0 Å². The molecule has 0 aliphatic rings. The Balaban J connectivity index is 1.60. The van der Waals surface area contributed by atoms with Gasteiger partial charge in [0.1, 0.15) is 5.69 Å². The number of rotatable bonds is 7. The predicted octanol–water partition coefficient (Wildman–Crippen LogP) is 2.50. The molecule has 0 saturated heterocycles. The average Bonchev–Trinajstić information content (AvgIpc) is 2.89. The lowest BCUT2D eigenvalue weighted by Gasteiger charge is -2.18. The number of aromatic nitrogens is 2. The molecule has 4 rings (SSSR count). The third-order valence-electron chi connectivity index (χ3n) is 5.19. The van der Waals surface area contributed by atoms with Crippen molar-refractivity contribution in [2.24, 2.45) is 5.10 Å². The molecule has 0 spiro atoms. The van der Waals surface area contributed by atoms with E-state index in [1.165, 1.54) is 13.1 Å². The van der Waals surface area contributed by atoms with Crippen LogP contribution in [0.1, 0.15) is 34.6 Å².